The molecule has 6 heteroatoms. The van der Waals surface area contributed by atoms with Crippen molar-refractivity contribution in [1.82, 2.24) is 0 Å². The molecule has 5 nitrogen and oxygen atoms in total. The molecule has 0 N–H and O–H groups in total. The highest BCUT2D eigenvalue weighted by atomic mass is 19.1. The molecule has 3 rings (SSSR count). The van der Waals surface area contributed by atoms with Crippen molar-refractivity contribution in [1.29, 1.82) is 0 Å². The van der Waals surface area contributed by atoms with Gasteiger partial charge in [-0.05, 0) is 29.8 Å². The molecule has 0 saturated carbocycles. The number of rotatable bonds is 2. The first-order chi connectivity index (χ1) is 10.1. The van der Waals surface area contributed by atoms with E-state index in [9.17, 15) is 19.3 Å². The lowest BCUT2D eigenvalue weighted by atomic mass is 10.1. The fourth-order valence-corrected chi connectivity index (χ4v) is 2.06. The minimum atomic E-state index is -0.518. The van der Waals surface area contributed by atoms with E-state index >= 15 is 0 Å². The van der Waals surface area contributed by atoms with Gasteiger partial charge in [0.05, 0.1) is 15.9 Å². The molecule has 2 aromatic carbocycles. The second-order valence-corrected chi connectivity index (χ2v) is 4.42. The van der Waals surface area contributed by atoms with Crippen LogP contribution in [0.15, 0.2) is 57.9 Å². The van der Waals surface area contributed by atoms with Crippen LogP contribution in [-0.2, 0) is 0 Å². The summed E-state index contributed by atoms with van der Waals surface area (Å²) in [6.45, 7) is 0. The number of hydrogen-bond acceptors (Lipinski definition) is 4. The Labute approximate surface area is 117 Å². The van der Waals surface area contributed by atoms with Crippen LogP contribution in [0.2, 0.25) is 0 Å². The minimum absolute atomic E-state index is 0.0639. The largest absolute Gasteiger partial charge is 0.463 e. The molecule has 104 valence electrons. The van der Waals surface area contributed by atoms with E-state index in [1.807, 2.05) is 0 Å². The second kappa shape index (κ2) is 4.82. The van der Waals surface area contributed by atoms with Crippen molar-refractivity contribution in [3.8, 4) is 11.1 Å². The van der Waals surface area contributed by atoms with Crippen molar-refractivity contribution in [2.24, 2.45) is 0 Å². The summed E-state index contributed by atoms with van der Waals surface area (Å²) in [4.78, 5) is 22.4. The number of halogens is 1. The van der Waals surface area contributed by atoms with Crippen LogP contribution in [0.3, 0.4) is 0 Å². The molecule has 0 bridgehead atoms. The van der Waals surface area contributed by atoms with Crippen molar-refractivity contribution in [3.63, 3.8) is 0 Å². The summed E-state index contributed by atoms with van der Waals surface area (Å²) in [5.41, 5.74) is 0.548. The standard InChI is InChI=1S/C15H8FNO4/c16-10-3-6-12-14(7-10)21-8-13(15(12)18)9-1-4-11(5-2-9)17(19)20/h1-8H. The van der Waals surface area contributed by atoms with E-state index < -0.39 is 10.7 Å². The zero-order chi connectivity index (χ0) is 15.0. The quantitative estimate of drug-likeness (QED) is 0.533. The van der Waals surface area contributed by atoms with Crippen LogP contribution in [0.5, 0.6) is 0 Å². The van der Waals surface area contributed by atoms with E-state index in [2.05, 4.69) is 0 Å². The molecule has 0 aliphatic heterocycles. The van der Waals surface area contributed by atoms with Crippen molar-refractivity contribution >= 4 is 16.7 Å². The molecule has 0 atom stereocenters. The third kappa shape index (κ3) is 2.27. The molecule has 0 radical (unpaired) electrons. The van der Waals surface area contributed by atoms with E-state index in [-0.39, 0.29) is 27.6 Å². The first kappa shape index (κ1) is 13.0. The van der Waals surface area contributed by atoms with Gasteiger partial charge in [-0.25, -0.2) is 4.39 Å². The predicted molar refractivity (Wildman–Crippen MR) is 74.5 cm³/mol. The Kier molecular flexibility index (Phi) is 2.98. The number of benzene rings is 2. The first-order valence-electron chi connectivity index (χ1n) is 6.02. The van der Waals surface area contributed by atoms with Gasteiger partial charge in [0.2, 0.25) is 0 Å². The lowest BCUT2D eigenvalue weighted by Gasteiger charge is -2.02. The van der Waals surface area contributed by atoms with Crippen LogP contribution < -0.4 is 5.43 Å². The monoisotopic (exact) mass is 285 g/mol. The highest BCUT2D eigenvalue weighted by molar-refractivity contribution is 5.81. The average Bonchev–Trinajstić information content (AvgIpc) is 2.47. The smallest absolute Gasteiger partial charge is 0.269 e. The van der Waals surface area contributed by atoms with Gasteiger partial charge in [0, 0.05) is 18.2 Å². The van der Waals surface area contributed by atoms with E-state index in [0.717, 1.165) is 6.07 Å². The van der Waals surface area contributed by atoms with Crippen LogP contribution in [-0.4, -0.2) is 4.92 Å². The second-order valence-electron chi connectivity index (χ2n) is 4.42. The molecule has 0 unspecified atom stereocenters. The summed E-state index contributed by atoms with van der Waals surface area (Å²) >= 11 is 0. The molecular formula is C15H8FNO4. The van der Waals surface area contributed by atoms with Crippen LogP contribution in [0.1, 0.15) is 0 Å². The number of hydrogen-bond donors (Lipinski definition) is 0. The van der Waals surface area contributed by atoms with Gasteiger partial charge in [-0.2, -0.15) is 0 Å². The fourth-order valence-electron chi connectivity index (χ4n) is 2.06. The third-order valence-corrected chi connectivity index (χ3v) is 3.13. The number of nitro benzene ring substituents is 1. The molecule has 0 aliphatic rings. The normalized spacial score (nSPS) is 10.7. The Hall–Kier alpha value is -3.02. The molecule has 0 aliphatic carbocycles. The van der Waals surface area contributed by atoms with Gasteiger partial charge in [0.15, 0.2) is 5.43 Å². The highest BCUT2D eigenvalue weighted by Gasteiger charge is 2.11. The van der Waals surface area contributed by atoms with E-state index in [1.165, 1.54) is 42.7 Å². The van der Waals surface area contributed by atoms with Gasteiger partial charge in [-0.15, -0.1) is 0 Å². The van der Waals surface area contributed by atoms with Gasteiger partial charge in [-0.3, -0.25) is 14.9 Å². The Morgan fingerprint density at radius 1 is 1.10 bits per heavy atom. The van der Waals surface area contributed by atoms with Crippen molar-refractivity contribution in [2.75, 3.05) is 0 Å². The van der Waals surface area contributed by atoms with Crippen LogP contribution in [0, 0.1) is 15.9 Å². The summed E-state index contributed by atoms with van der Waals surface area (Å²) < 4.78 is 18.3. The summed E-state index contributed by atoms with van der Waals surface area (Å²) in [7, 11) is 0. The summed E-state index contributed by atoms with van der Waals surface area (Å²) in [6.07, 6.45) is 1.23. The van der Waals surface area contributed by atoms with E-state index in [1.54, 1.807) is 0 Å². The van der Waals surface area contributed by atoms with Gasteiger partial charge < -0.3 is 4.42 Å². The van der Waals surface area contributed by atoms with Crippen LogP contribution in [0.25, 0.3) is 22.1 Å². The Morgan fingerprint density at radius 3 is 2.48 bits per heavy atom. The molecular weight excluding hydrogens is 277 g/mol. The molecule has 1 aromatic heterocycles. The first-order valence-corrected chi connectivity index (χ1v) is 6.02. The molecule has 21 heavy (non-hydrogen) atoms. The molecule has 0 spiro atoms. The lowest BCUT2D eigenvalue weighted by molar-refractivity contribution is -0.384. The van der Waals surface area contributed by atoms with E-state index in [0.29, 0.717) is 5.56 Å². The molecule has 0 saturated heterocycles. The number of fused-ring (bicyclic) bond motifs is 1. The van der Waals surface area contributed by atoms with Crippen molar-refractivity contribution < 1.29 is 13.7 Å². The molecule has 0 fully saturated rings. The predicted octanol–water partition coefficient (Wildman–Crippen LogP) is 3.51. The van der Waals surface area contributed by atoms with E-state index in [4.69, 9.17) is 4.42 Å². The Morgan fingerprint density at radius 2 is 1.81 bits per heavy atom. The Balaban J connectivity index is 2.16. The van der Waals surface area contributed by atoms with Crippen LogP contribution >= 0.6 is 0 Å². The average molecular weight is 285 g/mol. The SMILES string of the molecule is O=c1c(-c2ccc([N+](=O)[O-])cc2)coc2cc(F)ccc12. The highest BCUT2D eigenvalue weighted by Crippen LogP contribution is 2.22. The molecule has 0 amide bonds. The summed E-state index contributed by atoms with van der Waals surface area (Å²) in [5, 5.41) is 10.9. The van der Waals surface area contributed by atoms with Gasteiger partial charge >= 0.3 is 0 Å². The topological polar surface area (TPSA) is 73.3 Å². The molecule has 1 heterocycles. The number of nitrogens with zero attached hydrogens (tertiary/aromatic N) is 1. The number of nitro groups is 1. The molecule has 3 aromatic rings. The zero-order valence-corrected chi connectivity index (χ0v) is 10.6. The maximum Gasteiger partial charge on any atom is 0.269 e. The number of non-ortho nitro benzene ring substituents is 1. The van der Waals surface area contributed by atoms with Gasteiger partial charge in [-0.1, -0.05) is 0 Å². The van der Waals surface area contributed by atoms with Crippen molar-refractivity contribution in [3.05, 3.63) is 74.9 Å². The van der Waals surface area contributed by atoms with Crippen LogP contribution in [0.4, 0.5) is 10.1 Å². The van der Waals surface area contributed by atoms with Crippen molar-refractivity contribution in [2.45, 2.75) is 0 Å². The maximum atomic E-state index is 13.1. The summed E-state index contributed by atoms with van der Waals surface area (Å²) in [6, 6.07) is 9.23. The third-order valence-electron chi connectivity index (χ3n) is 3.13. The minimum Gasteiger partial charge on any atom is -0.463 e. The Bertz CT molecular complexity index is 900. The fraction of sp³-hybridized carbons (Fsp3) is 0. The maximum absolute atomic E-state index is 13.1. The van der Waals surface area contributed by atoms with Gasteiger partial charge in [0.1, 0.15) is 17.7 Å². The summed E-state index contributed by atoms with van der Waals surface area (Å²) in [5.74, 6) is -0.492. The van der Waals surface area contributed by atoms with Gasteiger partial charge in [0.25, 0.3) is 5.69 Å². The zero-order valence-electron chi connectivity index (χ0n) is 10.6. The lowest BCUT2D eigenvalue weighted by Crippen LogP contribution is -2.04.